The fraction of sp³-hybridized carbons (Fsp3) is 0.684. The molecule has 0 radical (unpaired) electrons. The van der Waals surface area contributed by atoms with Crippen LogP contribution in [0.25, 0.3) is 0 Å². The Hall–Kier alpha value is -1.02. The number of ether oxygens (including phenoxy) is 2. The summed E-state index contributed by atoms with van der Waals surface area (Å²) in [4.78, 5) is 0. The Labute approximate surface area is 130 Å². The summed E-state index contributed by atoms with van der Waals surface area (Å²) in [5, 5.41) is 0. The minimum absolute atomic E-state index is 0.200. The first-order chi connectivity index (χ1) is 9.81. The van der Waals surface area contributed by atoms with Crippen molar-refractivity contribution in [2.24, 2.45) is 11.3 Å². The molecule has 0 aliphatic rings. The van der Waals surface area contributed by atoms with Crippen molar-refractivity contribution in [1.82, 2.24) is 0 Å². The fourth-order valence-corrected chi connectivity index (χ4v) is 3.17. The largest absolute Gasteiger partial charge is 0.465 e. The summed E-state index contributed by atoms with van der Waals surface area (Å²) in [5.41, 5.74) is 1.70. The summed E-state index contributed by atoms with van der Waals surface area (Å²) < 4.78 is 11.2. The van der Waals surface area contributed by atoms with Crippen LogP contribution >= 0.6 is 0 Å². The molecule has 0 bridgehead atoms. The van der Waals surface area contributed by atoms with Gasteiger partial charge in [-0.2, -0.15) is 0 Å². The maximum atomic E-state index is 5.74. The van der Waals surface area contributed by atoms with Crippen LogP contribution in [0.1, 0.15) is 66.4 Å². The highest BCUT2D eigenvalue weighted by molar-refractivity contribution is 5.31. The monoisotopic (exact) mass is 292 g/mol. The molecule has 0 fully saturated rings. The van der Waals surface area contributed by atoms with Crippen LogP contribution in [-0.2, 0) is 4.74 Å². The quantitative estimate of drug-likeness (QED) is 0.579. The predicted octanol–water partition coefficient (Wildman–Crippen LogP) is 5.62. The molecule has 0 aromatic heterocycles. The second-order valence-electron chi connectivity index (χ2n) is 6.77. The molecule has 0 N–H and O–H groups in total. The zero-order valence-electron chi connectivity index (χ0n) is 14.8. The molecule has 1 rings (SSSR count). The Morgan fingerprint density at radius 3 is 2.00 bits per heavy atom. The summed E-state index contributed by atoms with van der Waals surface area (Å²) in [6.45, 7) is 16.2. The van der Waals surface area contributed by atoms with Crippen molar-refractivity contribution < 1.29 is 9.47 Å². The summed E-state index contributed by atoms with van der Waals surface area (Å²) in [5.74, 6) is 2.05. The van der Waals surface area contributed by atoms with E-state index in [0.29, 0.717) is 23.9 Å². The molecule has 21 heavy (non-hydrogen) atoms. The predicted molar refractivity (Wildman–Crippen MR) is 89.8 cm³/mol. The van der Waals surface area contributed by atoms with Gasteiger partial charge in [-0.25, -0.2) is 0 Å². The molecule has 0 spiro atoms. The van der Waals surface area contributed by atoms with E-state index in [1.165, 1.54) is 12.0 Å². The lowest BCUT2D eigenvalue weighted by atomic mass is 9.68. The second-order valence-corrected chi connectivity index (χ2v) is 6.77. The summed E-state index contributed by atoms with van der Waals surface area (Å²) in [6.07, 6.45) is 0.976. The average molecular weight is 292 g/mol. The van der Waals surface area contributed by atoms with E-state index < -0.39 is 0 Å². The highest BCUT2D eigenvalue weighted by Gasteiger charge is 2.31. The molecule has 0 heterocycles. The summed E-state index contributed by atoms with van der Waals surface area (Å²) >= 11 is 0. The lowest BCUT2D eigenvalue weighted by Gasteiger charge is -2.37. The van der Waals surface area contributed by atoms with Gasteiger partial charge in [-0.3, -0.25) is 0 Å². The van der Waals surface area contributed by atoms with E-state index in [0.717, 1.165) is 5.75 Å². The van der Waals surface area contributed by atoms with Gasteiger partial charge in [-0.05, 0) is 48.8 Å². The molecule has 120 valence electrons. The first kappa shape index (κ1) is 18.0. The van der Waals surface area contributed by atoms with Crippen LogP contribution < -0.4 is 4.74 Å². The van der Waals surface area contributed by atoms with Crippen molar-refractivity contribution >= 4 is 0 Å². The van der Waals surface area contributed by atoms with Gasteiger partial charge >= 0.3 is 0 Å². The Morgan fingerprint density at radius 1 is 1.00 bits per heavy atom. The minimum atomic E-state index is -0.200. The average Bonchev–Trinajstić information content (AvgIpc) is 2.40. The van der Waals surface area contributed by atoms with Gasteiger partial charge in [0.2, 0.25) is 0 Å². The van der Waals surface area contributed by atoms with E-state index in [1.54, 1.807) is 0 Å². The minimum Gasteiger partial charge on any atom is -0.465 e. The van der Waals surface area contributed by atoms with E-state index in [9.17, 15) is 0 Å². The molecule has 0 amide bonds. The third-order valence-electron chi connectivity index (χ3n) is 4.36. The normalized spacial score (nSPS) is 15.0. The third-order valence-corrected chi connectivity index (χ3v) is 4.36. The van der Waals surface area contributed by atoms with E-state index in [-0.39, 0.29) is 6.29 Å². The van der Waals surface area contributed by atoms with Crippen LogP contribution in [0, 0.1) is 11.3 Å². The molecule has 1 aromatic carbocycles. The van der Waals surface area contributed by atoms with Gasteiger partial charge < -0.3 is 9.47 Å². The molecule has 1 aromatic rings. The number of hydrogen-bond donors (Lipinski definition) is 0. The molecule has 2 heteroatoms. The third kappa shape index (κ3) is 5.03. The highest BCUT2D eigenvalue weighted by Crippen LogP contribution is 2.43. The molecule has 2 nitrogen and oxygen atoms in total. The van der Waals surface area contributed by atoms with Crippen molar-refractivity contribution in [2.45, 2.75) is 67.1 Å². The first-order valence-electron chi connectivity index (χ1n) is 8.20. The Balaban J connectivity index is 2.88. The van der Waals surface area contributed by atoms with Gasteiger partial charge in [0.1, 0.15) is 5.75 Å². The van der Waals surface area contributed by atoms with E-state index in [2.05, 4.69) is 58.9 Å². The van der Waals surface area contributed by atoms with E-state index in [1.807, 2.05) is 13.8 Å². The molecule has 0 aliphatic carbocycles. The molecule has 2 atom stereocenters. The number of hydrogen-bond acceptors (Lipinski definition) is 2. The lowest BCUT2D eigenvalue weighted by Crippen LogP contribution is -2.25. The molecular formula is C19H32O2. The highest BCUT2D eigenvalue weighted by atomic mass is 16.7. The van der Waals surface area contributed by atoms with Crippen LogP contribution in [0.3, 0.4) is 0 Å². The summed E-state index contributed by atoms with van der Waals surface area (Å²) in [6, 6.07) is 8.53. The second kappa shape index (κ2) is 7.84. The van der Waals surface area contributed by atoms with Crippen LogP contribution in [0.5, 0.6) is 5.75 Å². The van der Waals surface area contributed by atoms with Crippen molar-refractivity contribution in [3.63, 3.8) is 0 Å². The van der Waals surface area contributed by atoms with Gasteiger partial charge in [0.05, 0.1) is 0 Å². The smallest absolute Gasteiger partial charge is 0.196 e. The van der Waals surface area contributed by atoms with Gasteiger partial charge in [0.25, 0.3) is 0 Å². The van der Waals surface area contributed by atoms with E-state index in [4.69, 9.17) is 9.47 Å². The Kier molecular flexibility index (Phi) is 6.73. The molecular weight excluding hydrogens is 260 g/mol. The first-order valence-corrected chi connectivity index (χ1v) is 8.20. The van der Waals surface area contributed by atoms with Crippen LogP contribution in [0.4, 0.5) is 0 Å². The number of rotatable bonds is 8. The molecule has 0 saturated heterocycles. The zero-order valence-corrected chi connectivity index (χ0v) is 14.8. The maximum absolute atomic E-state index is 5.74. The van der Waals surface area contributed by atoms with Gasteiger partial charge in [0, 0.05) is 6.61 Å². The van der Waals surface area contributed by atoms with Crippen LogP contribution in [0.15, 0.2) is 24.3 Å². The number of benzene rings is 1. The lowest BCUT2D eigenvalue weighted by molar-refractivity contribution is -0.0613. The van der Waals surface area contributed by atoms with Crippen LogP contribution in [-0.4, -0.2) is 12.9 Å². The zero-order chi connectivity index (χ0) is 16.0. The molecule has 2 unspecified atom stereocenters. The summed E-state index contributed by atoms with van der Waals surface area (Å²) in [7, 11) is 0. The Morgan fingerprint density at radius 2 is 1.57 bits per heavy atom. The van der Waals surface area contributed by atoms with Crippen LogP contribution in [0.2, 0.25) is 0 Å². The van der Waals surface area contributed by atoms with Crippen molar-refractivity contribution in [1.29, 1.82) is 0 Å². The molecule has 0 saturated carbocycles. The van der Waals surface area contributed by atoms with Crippen molar-refractivity contribution in [2.75, 3.05) is 6.61 Å². The standard InChI is InChI=1S/C19H32O2/c1-8-19(6,7)18(14(3)4)16-10-12-17(13-11-16)21-15(5)20-9-2/h10-15,18H,8-9H2,1-7H3. The molecule has 0 aliphatic heterocycles. The Bertz CT molecular complexity index is 406. The fourth-order valence-electron chi connectivity index (χ4n) is 3.17. The van der Waals surface area contributed by atoms with Gasteiger partial charge in [-0.1, -0.05) is 53.2 Å². The topological polar surface area (TPSA) is 18.5 Å². The van der Waals surface area contributed by atoms with Gasteiger partial charge in [-0.15, -0.1) is 0 Å². The van der Waals surface area contributed by atoms with E-state index >= 15 is 0 Å². The maximum Gasteiger partial charge on any atom is 0.196 e. The van der Waals surface area contributed by atoms with Crippen molar-refractivity contribution in [3.8, 4) is 5.75 Å². The van der Waals surface area contributed by atoms with Crippen molar-refractivity contribution in [3.05, 3.63) is 29.8 Å². The SMILES string of the molecule is CCOC(C)Oc1ccc(C(C(C)C)C(C)(C)CC)cc1. The van der Waals surface area contributed by atoms with Gasteiger partial charge in [0.15, 0.2) is 6.29 Å².